The smallest absolute Gasteiger partial charge is 0.209 e. The van der Waals surface area contributed by atoms with Crippen molar-refractivity contribution < 1.29 is 4.79 Å². The van der Waals surface area contributed by atoms with Gasteiger partial charge in [0.15, 0.2) is 0 Å². The molecule has 3 heteroatoms. The lowest BCUT2D eigenvalue weighted by Crippen LogP contribution is -2.37. The van der Waals surface area contributed by atoms with Crippen LogP contribution in [0.2, 0.25) is 0 Å². The van der Waals surface area contributed by atoms with E-state index in [1.54, 1.807) is 0 Å². The van der Waals surface area contributed by atoms with Gasteiger partial charge in [-0.3, -0.25) is 9.69 Å². The van der Waals surface area contributed by atoms with Gasteiger partial charge in [0.05, 0.1) is 0 Å². The number of carbonyl (C=O) groups is 1. The molecule has 1 amide bonds. The predicted octanol–water partition coefficient (Wildman–Crippen LogP) is 0.559. The van der Waals surface area contributed by atoms with Crippen LogP contribution in [-0.4, -0.2) is 48.4 Å². The normalized spacial score (nSPS) is 23.6. The molecule has 1 saturated heterocycles. The molecule has 1 fully saturated rings. The zero-order valence-corrected chi connectivity index (χ0v) is 7.99. The first kappa shape index (κ1) is 9.52. The first-order valence-electron chi connectivity index (χ1n) is 4.75. The van der Waals surface area contributed by atoms with Crippen LogP contribution in [0.4, 0.5) is 0 Å². The van der Waals surface area contributed by atoms with Crippen molar-refractivity contribution in [1.82, 2.24) is 9.80 Å². The molecule has 1 rings (SSSR count). The molecule has 1 aliphatic rings. The van der Waals surface area contributed by atoms with Crippen LogP contribution < -0.4 is 0 Å². The van der Waals surface area contributed by atoms with E-state index < -0.39 is 0 Å². The van der Waals surface area contributed by atoms with Crippen molar-refractivity contribution in [3.05, 3.63) is 0 Å². The van der Waals surface area contributed by atoms with Crippen LogP contribution >= 0.6 is 0 Å². The number of likely N-dealkylation sites (tertiary alicyclic amines) is 1. The van der Waals surface area contributed by atoms with Gasteiger partial charge in [0.2, 0.25) is 6.41 Å². The van der Waals surface area contributed by atoms with Crippen molar-refractivity contribution in [1.29, 1.82) is 0 Å². The molecule has 0 aromatic heterocycles. The Morgan fingerprint density at radius 2 is 2.17 bits per heavy atom. The highest BCUT2D eigenvalue weighted by atomic mass is 16.1. The average molecular weight is 170 g/mol. The molecule has 0 saturated carbocycles. The quantitative estimate of drug-likeness (QED) is 0.576. The Hall–Kier alpha value is -0.570. The molecule has 1 heterocycles. The number of carbonyl (C=O) groups excluding carboxylic acids is 1. The minimum atomic E-state index is 0.602. The Labute approximate surface area is 74.3 Å². The van der Waals surface area contributed by atoms with Crippen molar-refractivity contribution in [3.63, 3.8) is 0 Å². The zero-order valence-electron chi connectivity index (χ0n) is 7.99. The average Bonchev–Trinajstić information content (AvgIpc) is 2.55. The van der Waals surface area contributed by atoms with Gasteiger partial charge in [-0.25, -0.2) is 0 Å². The van der Waals surface area contributed by atoms with E-state index in [9.17, 15) is 4.79 Å². The number of amides is 1. The van der Waals surface area contributed by atoms with E-state index in [4.69, 9.17) is 0 Å². The fourth-order valence-electron chi connectivity index (χ4n) is 1.90. The van der Waals surface area contributed by atoms with E-state index in [0.717, 1.165) is 39.0 Å². The van der Waals surface area contributed by atoms with Crippen LogP contribution in [0.25, 0.3) is 0 Å². The molecule has 0 radical (unpaired) electrons. The third-order valence-corrected chi connectivity index (χ3v) is 2.67. The number of rotatable bonds is 4. The lowest BCUT2D eigenvalue weighted by atomic mass is 10.2. The van der Waals surface area contributed by atoms with E-state index in [1.165, 1.54) is 0 Å². The first-order valence-corrected chi connectivity index (χ1v) is 4.75. The van der Waals surface area contributed by atoms with Gasteiger partial charge in [-0.15, -0.1) is 0 Å². The zero-order chi connectivity index (χ0) is 8.97. The Kier molecular flexibility index (Phi) is 3.53. The minimum absolute atomic E-state index is 0.602. The van der Waals surface area contributed by atoms with Crippen molar-refractivity contribution in [3.8, 4) is 0 Å². The molecule has 1 aliphatic heterocycles. The van der Waals surface area contributed by atoms with Gasteiger partial charge in [-0.2, -0.15) is 0 Å². The summed E-state index contributed by atoms with van der Waals surface area (Å²) < 4.78 is 0. The Morgan fingerprint density at radius 1 is 1.50 bits per heavy atom. The summed E-state index contributed by atoms with van der Waals surface area (Å²) in [6.07, 6.45) is 2.10. The van der Waals surface area contributed by atoms with E-state index >= 15 is 0 Å². The molecule has 0 bridgehead atoms. The minimum Gasteiger partial charge on any atom is -0.344 e. The molecule has 70 valence electrons. The second-order valence-corrected chi connectivity index (χ2v) is 3.26. The van der Waals surface area contributed by atoms with Gasteiger partial charge in [0, 0.05) is 19.1 Å². The summed E-state index contributed by atoms with van der Waals surface area (Å²) in [5.41, 5.74) is 0. The Morgan fingerprint density at radius 3 is 2.58 bits per heavy atom. The SMILES string of the molecule is CCN(CC)[C@H]1CCN(C=O)C1. The summed E-state index contributed by atoms with van der Waals surface area (Å²) in [5, 5.41) is 0. The van der Waals surface area contributed by atoms with Crippen LogP contribution in [0.3, 0.4) is 0 Å². The van der Waals surface area contributed by atoms with E-state index in [-0.39, 0.29) is 0 Å². The molecule has 0 unspecified atom stereocenters. The van der Waals surface area contributed by atoms with Crippen molar-refractivity contribution in [2.75, 3.05) is 26.2 Å². The molecule has 0 N–H and O–H groups in total. The van der Waals surface area contributed by atoms with Crippen LogP contribution in [0, 0.1) is 0 Å². The largest absolute Gasteiger partial charge is 0.344 e. The summed E-state index contributed by atoms with van der Waals surface area (Å²) in [6, 6.07) is 0.602. The van der Waals surface area contributed by atoms with Crippen molar-refractivity contribution >= 4 is 6.41 Å². The molecule has 0 aromatic carbocycles. The summed E-state index contributed by atoms with van der Waals surface area (Å²) in [6.45, 7) is 8.39. The number of hydrogen-bond donors (Lipinski definition) is 0. The maximum absolute atomic E-state index is 10.5. The number of likely N-dealkylation sites (N-methyl/N-ethyl adjacent to an activating group) is 1. The van der Waals surface area contributed by atoms with E-state index in [0.29, 0.717) is 6.04 Å². The fraction of sp³-hybridized carbons (Fsp3) is 0.889. The van der Waals surface area contributed by atoms with Gasteiger partial charge >= 0.3 is 0 Å². The third-order valence-electron chi connectivity index (χ3n) is 2.67. The summed E-state index contributed by atoms with van der Waals surface area (Å²) >= 11 is 0. The maximum atomic E-state index is 10.5. The highest BCUT2D eigenvalue weighted by molar-refractivity contribution is 5.47. The van der Waals surface area contributed by atoms with E-state index in [1.807, 2.05) is 4.90 Å². The topological polar surface area (TPSA) is 23.6 Å². The van der Waals surface area contributed by atoms with Gasteiger partial charge in [0.25, 0.3) is 0 Å². The summed E-state index contributed by atoms with van der Waals surface area (Å²) in [4.78, 5) is 14.7. The summed E-state index contributed by atoms with van der Waals surface area (Å²) in [7, 11) is 0. The molecule has 0 aromatic rings. The monoisotopic (exact) mass is 170 g/mol. The lowest BCUT2D eigenvalue weighted by Gasteiger charge is -2.25. The van der Waals surface area contributed by atoms with E-state index in [2.05, 4.69) is 18.7 Å². The lowest BCUT2D eigenvalue weighted by molar-refractivity contribution is -0.117. The number of hydrogen-bond acceptors (Lipinski definition) is 2. The molecular formula is C9H18N2O. The number of nitrogens with zero attached hydrogens (tertiary/aromatic N) is 2. The second kappa shape index (κ2) is 4.45. The van der Waals surface area contributed by atoms with Gasteiger partial charge in [0.1, 0.15) is 0 Å². The molecule has 3 nitrogen and oxygen atoms in total. The molecule has 0 aliphatic carbocycles. The third kappa shape index (κ3) is 1.97. The molecule has 12 heavy (non-hydrogen) atoms. The van der Waals surface area contributed by atoms with Gasteiger partial charge in [-0.05, 0) is 19.5 Å². The Bertz CT molecular complexity index is 145. The Balaban J connectivity index is 2.38. The highest BCUT2D eigenvalue weighted by Crippen LogP contribution is 2.13. The maximum Gasteiger partial charge on any atom is 0.209 e. The first-order chi connectivity index (χ1) is 5.81. The van der Waals surface area contributed by atoms with Crippen molar-refractivity contribution in [2.45, 2.75) is 26.3 Å². The van der Waals surface area contributed by atoms with Crippen LogP contribution in [0.1, 0.15) is 20.3 Å². The summed E-state index contributed by atoms with van der Waals surface area (Å²) in [5.74, 6) is 0. The molecule has 0 spiro atoms. The van der Waals surface area contributed by atoms with Crippen LogP contribution in [-0.2, 0) is 4.79 Å². The second-order valence-electron chi connectivity index (χ2n) is 3.26. The van der Waals surface area contributed by atoms with Crippen molar-refractivity contribution in [2.24, 2.45) is 0 Å². The van der Waals surface area contributed by atoms with Gasteiger partial charge in [-0.1, -0.05) is 13.8 Å². The standard InChI is InChI=1S/C9H18N2O/c1-3-11(4-2)9-5-6-10(7-9)8-12/h8-9H,3-7H2,1-2H3/t9-/m0/s1. The van der Waals surface area contributed by atoms with Gasteiger partial charge < -0.3 is 4.90 Å². The molecule has 1 atom stereocenters. The highest BCUT2D eigenvalue weighted by Gasteiger charge is 2.24. The fourth-order valence-corrected chi connectivity index (χ4v) is 1.90. The predicted molar refractivity (Wildman–Crippen MR) is 49.0 cm³/mol. The van der Waals surface area contributed by atoms with Crippen LogP contribution in [0.5, 0.6) is 0 Å². The molecular weight excluding hydrogens is 152 g/mol. The van der Waals surface area contributed by atoms with Crippen LogP contribution in [0.15, 0.2) is 0 Å².